The van der Waals surface area contributed by atoms with Crippen molar-refractivity contribution in [3.05, 3.63) is 0 Å². The molecule has 136 valence electrons. The molecule has 1 rings (SSSR count). The summed E-state index contributed by atoms with van der Waals surface area (Å²) in [7, 11) is 1.23. The van der Waals surface area contributed by atoms with E-state index in [2.05, 4.69) is 14.7 Å². The summed E-state index contributed by atoms with van der Waals surface area (Å²) < 4.78 is 9.74. The van der Waals surface area contributed by atoms with Crippen molar-refractivity contribution in [2.45, 2.75) is 58.1 Å². The fraction of sp³-hybridized carbons (Fsp3) is 0.733. The van der Waals surface area contributed by atoms with Gasteiger partial charge in [-0.2, -0.15) is 0 Å². The normalized spacial score (nSPS) is 18.2. The number of hydrogen-bond acceptors (Lipinski definition) is 7. The van der Waals surface area contributed by atoms with E-state index >= 15 is 0 Å². The van der Waals surface area contributed by atoms with E-state index in [1.165, 1.54) is 12.0 Å². The van der Waals surface area contributed by atoms with E-state index in [4.69, 9.17) is 10.5 Å². The molecular weight excluding hydrogens is 318 g/mol. The molecule has 1 atom stereocenters. The Hall–Kier alpha value is -2.32. The maximum atomic E-state index is 12.2. The Morgan fingerprint density at radius 2 is 1.83 bits per heavy atom. The van der Waals surface area contributed by atoms with Crippen molar-refractivity contribution >= 4 is 23.9 Å². The third-order valence-electron chi connectivity index (χ3n) is 3.24. The lowest BCUT2D eigenvalue weighted by Crippen LogP contribution is -2.46. The quantitative estimate of drug-likeness (QED) is 0.261. The van der Waals surface area contributed by atoms with Gasteiger partial charge in [0.15, 0.2) is 5.84 Å². The SMILES string of the molecule is COC(=O)CCC(=O)O/N=C(\N)C1CCCN1C(=O)OC(C)(C)C. The van der Waals surface area contributed by atoms with Crippen molar-refractivity contribution < 1.29 is 28.7 Å². The molecule has 0 bridgehead atoms. The van der Waals surface area contributed by atoms with Gasteiger partial charge in [-0.15, -0.1) is 0 Å². The van der Waals surface area contributed by atoms with Gasteiger partial charge in [-0.1, -0.05) is 5.16 Å². The summed E-state index contributed by atoms with van der Waals surface area (Å²) in [6.45, 7) is 5.82. The standard InChI is InChI=1S/C15H25N3O6/c1-15(2,3)23-14(21)18-9-5-6-10(18)13(16)17-24-12(20)8-7-11(19)22-4/h10H,5-9H2,1-4H3,(H2,16,17). The summed E-state index contributed by atoms with van der Waals surface area (Å²) >= 11 is 0. The van der Waals surface area contributed by atoms with Crippen molar-refractivity contribution in [3.8, 4) is 0 Å². The van der Waals surface area contributed by atoms with Crippen molar-refractivity contribution in [2.24, 2.45) is 10.9 Å². The molecule has 2 N–H and O–H groups in total. The van der Waals surface area contributed by atoms with Crippen LogP contribution in [0.15, 0.2) is 5.16 Å². The zero-order chi connectivity index (χ0) is 18.3. The van der Waals surface area contributed by atoms with Crippen LogP contribution in [0.25, 0.3) is 0 Å². The number of amidine groups is 1. The number of likely N-dealkylation sites (tertiary alicyclic amines) is 1. The van der Waals surface area contributed by atoms with Crippen LogP contribution in [0.1, 0.15) is 46.5 Å². The molecule has 9 nitrogen and oxygen atoms in total. The first-order valence-corrected chi connectivity index (χ1v) is 7.73. The predicted octanol–water partition coefficient (Wildman–Crippen LogP) is 1.15. The molecule has 0 saturated carbocycles. The Labute approximate surface area is 141 Å². The van der Waals surface area contributed by atoms with E-state index in [1.54, 1.807) is 20.8 Å². The number of rotatable bonds is 5. The molecule has 0 aromatic rings. The molecule has 1 aliphatic heterocycles. The van der Waals surface area contributed by atoms with Gasteiger partial charge in [0.05, 0.1) is 26.0 Å². The molecular formula is C15H25N3O6. The van der Waals surface area contributed by atoms with E-state index in [1.807, 2.05) is 0 Å². The molecule has 24 heavy (non-hydrogen) atoms. The van der Waals surface area contributed by atoms with E-state index in [0.717, 1.165) is 6.42 Å². The second-order valence-corrected chi connectivity index (χ2v) is 6.39. The highest BCUT2D eigenvalue weighted by Crippen LogP contribution is 2.21. The number of oxime groups is 1. The van der Waals surface area contributed by atoms with Gasteiger partial charge in [-0.3, -0.25) is 9.69 Å². The topological polar surface area (TPSA) is 121 Å². The maximum Gasteiger partial charge on any atom is 0.410 e. The highest BCUT2D eigenvalue weighted by molar-refractivity contribution is 5.89. The molecule has 1 amide bonds. The number of amides is 1. The first-order chi connectivity index (χ1) is 11.1. The van der Waals surface area contributed by atoms with E-state index in [9.17, 15) is 14.4 Å². The third-order valence-corrected chi connectivity index (χ3v) is 3.24. The van der Waals surface area contributed by atoms with Gasteiger partial charge in [-0.25, -0.2) is 9.59 Å². The molecule has 1 saturated heterocycles. The van der Waals surface area contributed by atoms with Crippen molar-refractivity contribution in [2.75, 3.05) is 13.7 Å². The number of hydrogen-bond donors (Lipinski definition) is 1. The zero-order valence-corrected chi connectivity index (χ0v) is 14.5. The molecule has 1 fully saturated rings. The van der Waals surface area contributed by atoms with Gasteiger partial charge in [0.1, 0.15) is 5.60 Å². The number of nitrogens with zero attached hydrogens (tertiary/aromatic N) is 2. The van der Waals surface area contributed by atoms with Crippen LogP contribution in [0.3, 0.4) is 0 Å². The van der Waals surface area contributed by atoms with E-state index in [0.29, 0.717) is 13.0 Å². The van der Waals surface area contributed by atoms with Crippen LogP contribution < -0.4 is 5.73 Å². The van der Waals surface area contributed by atoms with Crippen LogP contribution in [-0.2, 0) is 23.9 Å². The molecule has 1 heterocycles. The summed E-state index contributed by atoms with van der Waals surface area (Å²) in [4.78, 5) is 40.7. The van der Waals surface area contributed by atoms with Crippen LogP contribution >= 0.6 is 0 Å². The third kappa shape index (κ3) is 6.43. The fourth-order valence-electron chi connectivity index (χ4n) is 2.13. The minimum Gasteiger partial charge on any atom is -0.469 e. The van der Waals surface area contributed by atoms with E-state index < -0.39 is 29.7 Å². The predicted molar refractivity (Wildman–Crippen MR) is 84.9 cm³/mol. The molecule has 1 aliphatic rings. The Balaban J connectivity index is 2.58. The van der Waals surface area contributed by atoms with Crippen LogP contribution in [0.4, 0.5) is 4.79 Å². The van der Waals surface area contributed by atoms with Gasteiger partial charge in [0.25, 0.3) is 0 Å². The summed E-state index contributed by atoms with van der Waals surface area (Å²) in [6.07, 6.45) is 0.604. The van der Waals surface area contributed by atoms with E-state index in [-0.39, 0.29) is 18.7 Å². The monoisotopic (exact) mass is 343 g/mol. The average Bonchev–Trinajstić information content (AvgIpc) is 2.98. The highest BCUT2D eigenvalue weighted by atomic mass is 16.7. The molecule has 0 spiro atoms. The van der Waals surface area contributed by atoms with Gasteiger partial charge in [-0.05, 0) is 33.6 Å². The molecule has 1 unspecified atom stereocenters. The number of carbonyl (C=O) groups is 3. The lowest BCUT2D eigenvalue weighted by Gasteiger charge is -2.28. The second kappa shape index (κ2) is 8.51. The maximum absolute atomic E-state index is 12.2. The zero-order valence-electron chi connectivity index (χ0n) is 14.5. The Morgan fingerprint density at radius 3 is 2.42 bits per heavy atom. The number of carbonyl (C=O) groups excluding carboxylic acids is 3. The first-order valence-electron chi connectivity index (χ1n) is 7.73. The number of nitrogens with two attached hydrogens (primary N) is 1. The highest BCUT2D eigenvalue weighted by Gasteiger charge is 2.34. The van der Waals surface area contributed by atoms with Crippen LogP contribution in [-0.4, -0.2) is 54.1 Å². The van der Waals surface area contributed by atoms with Crippen molar-refractivity contribution in [3.63, 3.8) is 0 Å². The number of methoxy groups -OCH3 is 1. The molecule has 0 radical (unpaired) electrons. The van der Waals surface area contributed by atoms with Gasteiger partial charge < -0.3 is 20.0 Å². The van der Waals surface area contributed by atoms with Crippen LogP contribution in [0.2, 0.25) is 0 Å². The minimum atomic E-state index is -0.704. The second-order valence-electron chi connectivity index (χ2n) is 6.39. The fourth-order valence-corrected chi connectivity index (χ4v) is 2.13. The first kappa shape index (κ1) is 19.7. The minimum absolute atomic E-state index is 0.0183. The van der Waals surface area contributed by atoms with Crippen molar-refractivity contribution in [1.29, 1.82) is 0 Å². The van der Waals surface area contributed by atoms with Gasteiger partial charge >= 0.3 is 18.0 Å². The summed E-state index contributed by atoms with van der Waals surface area (Å²) in [5, 5.41) is 3.58. The Bertz CT molecular complexity index is 512. The molecule has 9 heteroatoms. The van der Waals surface area contributed by atoms with Gasteiger partial charge in [0, 0.05) is 6.54 Å². The number of ether oxygens (including phenoxy) is 2. The lowest BCUT2D eigenvalue weighted by molar-refractivity contribution is -0.149. The van der Waals surface area contributed by atoms with Crippen LogP contribution in [0.5, 0.6) is 0 Å². The summed E-state index contributed by atoms with van der Waals surface area (Å²) in [5.74, 6) is -1.20. The number of esters is 1. The molecule has 0 aromatic heterocycles. The summed E-state index contributed by atoms with van der Waals surface area (Å²) in [5.41, 5.74) is 5.22. The molecule has 0 aromatic carbocycles. The lowest BCUT2D eigenvalue weighted by atomic mass is 10.2. The molecule has 0 aliphatic carbocycles. The van der Waals surface area contributed by atoms with Gasteiger partial charge in [0.2, 0.25) is 0 Å². The Morgan fingerprint density at radius 1 is 1.21 bits per heavy atom. The average molecular weight is 343 g/mol. The largest absolute Gasteiger partial charge is 0.469 e. The Kier molecular flexibility index (Phi) is 6.99. The smallest absolute Gasteiger partial charge is 0.410 e. The summed E-state index contributed by atoms with van der Waals surface area (Å²) in [6, 6.07) is -0.478. The van der Waals surface area contributed by atoms with Crippen molar-refractivity contribution in [1.82, 2.24) is 4.90 Å². The van der Waals surface area contributed by atoms with Crippen LogP contribution in [0, 0.1) is 0 Å².